The zero-order chi connectivity index (χ0) is 12.8. The van der Waals surface area contributed by atoms with E-state index in [4.69, 9.17) is 0 Å². The summed E-state index contributed by atoms with van der Waals surface area (Å²) in [6.45, 7) is 2.21. The molecule has 2 aromatic rings. The maximum atomic E-state index is 3.44. The van der Waals surface area contributed by atoms with Crippen LogP contribution in [0.25, 0.3) is 12.2 Å². The fourth-order valence-electron chi connectivity index (χ4n) is 1.85. The first-order chi connectivity index (χ1) is 8.78. The molecule has 0 N–H and O–H groups in total. The van der Waals surface area contributed by atoms with Gasteiger partial charge in [0, 0.05) is 4.47 Å². The summed E-state index contributed by atoms with van der Waals surface area (Å²) < 4.78 is 1.11. The third-order valence-electron chi connectivity index (χ3n) is 2.86. The van der Waals surface area contributed by atoms with Crippen LogP contribution in [0.5, 0.6) is 0 Å². The molecule has 92 valence electrons. The van der Waals surface area contributed by atoms with Gasteiger partial charge in [-0.3, -0.25) is 0 Å². The second kappa shape index (κ2) is 6.55. The lowest BCUT2D eigenvalue weighted by molar-refractivity contribution is 0.922. The molecule has 0 saturated carbocycles. The van der Waals surface area contributed by atoms with Gasteiger partial charge in [0.25, 0.3) is 0 Å². The fraction of sp³-hybridized carbons (Fsp3) is 0.176. The van der Waals surface area contributed by atoms with Crippen LogP contribution in [0.2, 0.25) is 0 Å². The van der Waals surface area contributed by atoms with Gasteiger partial charge in [-0.1, -0.05) is 77.8 Å². The molecule has 0 heterocycles. The quantitative estimate of drug-likeness (QED) is 0.647. The number of benzene rings is 2. The minimum Gasteiger partial charge on any atom is -0.0651 e. The summed E-state index contributed by atoms with van der Waals surface area (Å²) in [5.74, 6) is 0. The van der Waals surface area contributed by atoms with Gasteiger partial charge in [-0.2, -0.15) is 0 Å². The highest BCUT2D eigenvalue weighted by Gasteiger charge is 1.92. The standard InChI is InChI=1S/C17H17Br/c1-2-3-14-4-6-15(7-5-14)8-9-16-10-12-17(18)13-11-16/h4-13H,2-3H2,1H3. The molecule has 0 spiro atoms. The lowest BCUT2D eigenvalue weighted by atomic mass is 10.1. The highest BCUT2D eigenvalue weighted by atomic mass is 79.9. The molecule has 0 atom stereocenters. The van der Waals surface area contributed by atoms with Crippen molar-refractivity contribution in [1.82, 2.24) is 0 Å². The smallest absolute Gasteiger partial charge is 0.0175 e. The minimum atomic E-state index is 1.11. The van der Waals surface area contributed by atoms with Crippen molar-refractivity contribution in [2.24, 2.45) is 0 Å². The van der Waals surface area contributed by atoms with E-state index in [2.05, 4.69) is 83.5 Å². The normalized spacial score (nSPS) is 11.0. The lowest BCUT2D eigenvalue weighted by Crippen LogP contribution is -1.82. The molecule has 0 aliphatic heterocycles. The van der Waals surface area contributed by atoms with Gasteiger partial charge in [0.1, 0.15) is 0 Å². The van der Waals surface area contributed by atoms with E-state index in [9.17, 15) is 0 Å². The Bertz CT molecular complexity index is 506. The van der Waals surface area contributed by atoms with Crippen LogP contribution in [-0.2, 0) is 6.42 Å². The monoisotopic (exact) mass is 300 g/mol. The third-order valence-corrected chi connectivity index (χ3v) is 3.39. The Kier molecular flexibility index (Phi) is 4.77. The van der Waals surface area contributed by atoms with Gasteiger partial charge in [-0.05, 0) is 35.2 Å². The molecule has 1 heteroatoms. The van der Waals surface area contributed by atoms with Gasteiger partial charge in [-0.15, -0.1) is 0 Å². The van der Waals surface area contributed by atoms with Crippen molar-refractivity contribution in [2.45, 2.75) is 19.8 Å². The van der Waals surface area contributed by atoms with Crippen molar-refractivity contribution in [1.29, 1.82) is 0 Å². The molecule has 0 bridgehead atoms. The molecule has 0 radical (unpaired) electrons. The average Bonchev–Trinajstić information content (AvgIpc) is 2.40. The molecular formula is C17H17Br. The second-order valence-corrected chi connectivity index (χ2v) is 5.29. The van der Waals surface area contributed by atoms with E-state index in [0.29, 0.717) is 0 Å². The predicted octanol–water partition coefficient (Wildman–Crippen LogP) is 5.57. The van der Waals surface area contributed by atoms with Crippen molar-refractivity contribution < 1.29 is 0 Å². The van der Waals surface area contributed by atoms with Crippen LogP contribution in [0, 0.1) is 0 Å². The summed E-state index contributed by atoms with van der Waals surface area (Å²) in [6.07, 6.45) is 6.66. The van der Waals surface area contributed by atoms with E-state index < -0.39 is 0 Å². The maximum absolute atomic E-state index is 3.44. The molecule has 2 rings (SSSR count). The first kappa shape index (κ1) is 13.1. The van der Waals surface area contributed by atoms with Crippen LogP contribution in [0.3, 0.4) is 0 Å². The number of hydrogen-bond acceptors (Lipinski definition) is 0. The Morgan fingerprint density at radius 2 is 1.33 bits per heavy atom. The Labute approximate surface area is 117 Å². The van der Waals surface area contributed by atoms with Crippen LogP contribution in [-0.4, -0.2) is 0 Å². The summed E-state index contributed by atoms with van der Waals surface area (Å²) in [6, 6.07) is 17.1. The molecule has 0 aliphatic rings. The van der Waals surface area contributed by atoms with E-state index >= 15 is 0 Å². The summed E-state index contributed by atoms with van der Waals surface area (Å²) in [4.78, 5) is 0. The summed E-state index contributed by atoms with van der Waals surface area (Å²) >= 11 is 3.44. The average molecular weight is 301 g/mol. The van der Waals surface area contributed by atoms with Crippen molar-refractivity contribution in [2.75, 3.05) is 0 Å². The van der Waals surface area contributed by atoms with E-state index in [1.165, 1.54) is 23.1 Å². The Morgan fingerprint density at radius 3 is 1.83 bits per heavy atom. The lowest BCUT2D eigenvalue weighted by Gasteiger charge is -1.99. The molecular weight excluding hydrogens is 284 g/mol. The van der Waals surface area contributed by atoms with E-state index in [1.807, 2.05) is 0 Å². The summed E-state index contributed by atoms with van der Waals surface area (Å²) in [5, 5.41) is 0. The van der Waals surface area contributed by atoms with Gasteiger partial charge in [0.05, 0.1) is 0 Å². The topological polar surface area (TPSA) is 0 Å². The molecule has 2 aromatic carbocycles. The molecule has 0 aliphatic carbocycles. The molecule has 18 heavy (non-hydrogen) atoms. The predicted molar refractivity (Wildman–Crippen MR) is 83.5 cm³/mol. The first-order valence-corrected chi connectivity index (χ1v) is 7.10. The highest BCUT2D eigenvalue weighted by molar-refractivity contribution is 9.10. The molecule has 0 amide bonds. The number of aryl methyl sites for hydroxylation is 1. The summed E-state index contributed by atoms with van der Waals surface area (Å²) in [5.41, 5.74) is 3.88. The van der Waals surface area contributed by atoms with E-state index in [1.54, 1.807) is 0 Å². The maximum Gasteiger partial charge on any atom is 0.0175 e. The largest absolute Gasteiger partial charge is 0.0651 e. The first-order valence-electron chi connectivity index (χ1n) is 6.30. The second-order valence-electron chi connectivity index (χ2n) is 4.38. The van der Waals surface area contributed by atoms with Crippen LogP contribution in [0.1, 0.15) is 30.0 Å². The van der Waals surface area contributed by atoms with Gasteiger partial charge in [0.15, 0.2) is 0 Å². The SMILES string of the molecule is CCCc1ccc(C=Cc2ccc(Br)cc2)cc1. The van der Waals surface area contributed by atoms with Gasteiger partial charge in [-0.25, -0.2) is 0 Å². The van der Waals surface area contributed by atoms with Crippen molar-refractivity contribution in [3.63, 3.8) is 0 Å². The number of hydrogen-bond donors (Lipinski definition) is 0. The summed E-state index contributed by atoms with van der Waals surface area (Å²) in [7, 11) is 0. The Morgan fingerprint density at radius 1 is 0.833 bits per heavy atom. The highest BCUT2D eigenvalue weighted by Crippen LogP contribution is 2.14. The molecule has 0 nitrogen and oxygen atoms in total. The Hall–Kier alpha value is -1.34. The zero-order valence-corrected chi connectivity index (χ0v) is 12.2. The van der Waals surface area contributed by atoms with Crippen LogP contribution >= 0.6 is 15.9 Å². The molecule has 0 saturated heterocycles. The molecule has 0 fully saturated rings. The van der Waals surface area contributed by atoms with Gasteiger partial charge < -0.3 is 0 Å². The van der Waals surface area contributed by atoms with Crippen LogP contribution in [0.4, 0.5) is 0 Å². The van der Waals surface area contributed by atoms with Gasteiger partial charge >= 0.3 is 0 Å². The van der Waals surface area contributed by atoms with E-state index in [-0.39, 0.29) is 0 Å². The van der Waals surface area contributed by atoms with Crippen LogP contribution in [0.15, 0.2) is 53.0 Å². The number of halogens is 1. The van der Waals surface area contributed by atoms with Crippen molar-refractivity contribution >= 4 is 28.1 Å². The minimum absolute atomic E-state index is 1.11. The zero-order valence-electron chi connectivity index (χ0n) is 10.6. The van der Waals surface area contributed by atoms with Crippen molar-refractivity contribution in [3.05, 3.63) is 69.7 Å². The number of rotatable bonds is 4. The van der Waals surface area contributed by atoms with Crippen LogP contribution < -0.4 is 0 Å². The van der Waals surface area contributed by atoms with Crippen molar-refractivity contribution in [3.8, 4) is 0 Å². The fourth-order valence-corrected chi connectivity index (χ4v) is 2.11. The molecule has 0 unspecified atom stereocenters. The molecule has 0 aromatic heterocycles. The Balaban J connectivity index is 2.06. The third kappa shape index (κ3) is 3.85. The van der Waals surface area contributed by atoms with Gasteiger partial charge in [0.2, 0.25) is 0 Å². The van der Waals surface area contributed by atoms with E-state index in [0.717, 1.165) is 10.9 Å².